The van der Waals surface area contributed by atoms with Gasteiger partial charge in [-0.15, -0.1) is 0 Å². The van der Waals surface area contributed by atoms with Crippen LogP contribution in [0.25, 0.3) is 0 Å². The molecule has 0 saturated carbocycles. The van der Waals surface area contributed by atoms with Crippen molar-refractivity contribution in [1.82, 2.24) is 5.32 Å². The van der Waals surface area contributed by atoms with Gasteiger partial charge in [0.05, 0.1) is 19.3 Å². The van der Waals surface area contributed by atoms with Gasteiger partial charge in [-0.3, -0.25) is 4.79 Å². The van der Waals surface area contributed by atoms with Crippen LogP contribution in [0.1, 0.15) is 41.6 Å². The number of ether oxygens (including phenoxy) is 2. The maximum absolute atomic E-state index is 11.9. The van der Waals surface area contributed by atoms with E-state index in [9.17, 15) is 9.59 Å². The number of hydrogen-bond acceptors (Lipinski definition) is 5. The minimum absolute atomic E-state index is 0.0705. The van der Waals surface area contributed by atoms with Gasteiger partial charge in [0.25, 0.3) is 0 Å². The van der Waals surface area contributed by atoms with Gasteiger partial charge in [0.1, 0.15) is 23.2 Å². The third-order valence-corrected chi connectivity index (χ3v) is 3.56. The molecule has 2 rings (SSSR count). The fourth-order valence-corrected chi connectivity index (χ4v) is 2.26. The van der Waals surface area contributed by atoms with Crippen LogP contribution in [0.3, 0.4) is 0 Å². The number of carboxylic acids is 1. The number of nitrogens with one attached hydrogen (secondary N) is 1. The number of aromatic carboxylic acids is 1. The molecule has 1 aliphatic heterocycles. The van der Waals surface area contributed by atoms with Gasteiger partial charge in [-0.05, 0) is 32.8 Å². The Bertz CT molecular complexity index is 532. The van der Waals surface area contributed by atoms with Crippen molar-refractivity contribution in [3.8, 4) is 0 Å². The molecule has 1 aromatic rings. The van der Waals surface area contributed by atoms with Crippen molar-refractivity contribution in [3.05, 3.63) is 23.2 Å². The number of aryl methyl sites for hydroxylation is 1. The van der Waals surface area contributed by atoms with Gasteiger partial charge in [-0.1, -0.05) is 0 Å². The Morgan fingerprint density at radius 1 is 1.55 bits per heavy atom. The van der Waals surface area contributed by atoms with E-state index in [1.54, 1.807) is 13.8 Å². The van der Waals surface area contributed by atoms with E-state index in [0.717, 1.165) is 19.4 Å². The standard InChI is InChI=1S/C15H21NO6/c1-9-13(15(18)19)6-12(22-9)7-16-14(17)10(2)21-8-11-4-3-5-20-11/h6,10-11H,3-5,7-8H2,1-2H3,(H,16,17)(H,18,19)/t10-,11+/m0/s1. The fraction of sp³-hybridized carbons (Fsp3) is 0.600. The molecule has 2 atom stereocenters. The second kappa shape index (κ2) is 7.42. The first-order chi connectivity index (χ1) is 10.5. The Balaban J connectivity index is 1.76. The first kappa shape index (κ1) is 16.5. The third kappa shape index (κ3) is 4.32. The van der Waals surface area contributed by atoms with Crippen molar-refractivity contribution < 1.29 is 28.6 Å². The molecule has 1 amide bonds. The van der Waals surface area contributed by atoms with Crippen LogP contribution in [0.4, 0.5) is 0 Å². The Morgan fingerprint density at radius 2 is 2.32 bits per heavy atom. The van der Waals surface area contributed by atoms with E-state index in [0.29, 0.717) is 18.1 Å². The van der Waals surface area contributed by atoms with E-state index >= 15 is 0 Å². The van der Waals surface area contributed by atoms with Crippen LogP contribution < -0.4 is 5.32 Å². The number of furan rings is 1. The zero-order valence-corrected chi connectivity index (χ0v) is 12.8. The van der Waals surface area contributed by atoms with Crippen molar-refractivity contribution in [2.75, 3.05) is 13.2 Å². The second-order valence-electron chi connectivity index (χ2n) is 5.32. The molecule has 0 unspecified atom stereocenters. The molecule has 0 aromatic carbocycles. The van der Waals surface area contributed by atoms with Crippen molar-refractivity contribution >= 4 is 11.9 Å². The zero-order valence-electron chi connectivity index (χ0n) is 12.8. The minimum Gasteiger partial charge on any atom is -0.478 e. The maximum Gasteiger partial charge on any atom is 0.339 e. The lowest BCUT2D eigenvalue weighted by molar-refractivity contribution is -0.134. The lowest BCUT2D eigenvalue weighted by Gasteiger charge is -2.15. The third-order valence-electron chi connectivity index (χ3n) is 3.56. The highest BCUT2D eigenvalue weighted by molar-refractivity contribution is 5.88. The second-order valence-corrected chi connectivity index (χ2v) is 5.32. The number of carbonyl (C=O) groups excluding carboxylic acids is 1. The van der Waals surface area contributed by atoms with Crippen molar-refractivity contribution in [2.24, 2.45) is 0 Å². The molecular weight excluding hydrogens is 290 g/mol. The van der Waals surface area contributed by atoms with Gasteiger partial charge in [-0.25, -0.2) is 4.79 Å². The lowest BCUT2D eigenvalue weighted by atomic mass is 10.2. The van der Waals surface area contributed by atoms with Crippen LogP contribution in [0.15, 0.2) is 10.5 Å². The topological polar surface area (TPSA) is 98.0 Å². The molecule has 0 radical (unpaired) electrons. The van der Waals surface area contributed by atoms with Crippen LogP contribution in [0.5, 0.6) is 0 Å². The highest BCUT2D eigenvalue weighted by atomic mass is 16.5. The number of amides is 1. The zero-order chi connectivity index (χ0) is 16.1. The van der Waals surface area contributed by atoms with Crippen LogP contribution in [0.2, 0.25) is 0 Å². The molecule has 0 aliphatic carbocycles. The summed E-state index contributed by atoms with van der Waals surface area (Å²) in [5, 5.41) is 11.6. The Hall–Kier alpha value is -1.86. The molecule has 1 saturated heterocycles. The number of hydrogen-bond donors (Lipinski definition) is 2. The average Bonchev–Trinajstić information content (AvgIpc) is 3.11. The number of rotatable bonds is 7. The van der Waals surface area contributed by atoms with Gasteiger partial charge in [0, 0.05) is 6.61 Å². The van der Waals surface area contributed by atoms with E-state index in [1.165, 1.54) is 6.07 Å². The van der Waals surface area contributed by atoms with Gasteiger partial charge in [-0.2, -0.15) is 0 Å². The van der Waals surface area contributed by atoms with E-state index in [2.05, 4.69) is 5.32 Å². The highest BCUT2D eigenvalue weighted by Crippen LogP contribution is 2.15. The van der Waals surface area contributed by atoms with E-state index in [-0.39, 0.29) is 24.1 Å². The van der Waals surface area contributed by atoms with Crippen molar-refractivity contribution in [2.45, 2.75) is 45.4 Å². The summed E-state index contributed by atoms with van der Waals surface area (Å²) in [6, 6.07) is 1.41. The van der Waals surface area contributed by atoms with E-state index in [4.69, 9.17) is 19.0 Å². The predicted molar refractivity (Wildman–Crippen MR) is 76.6 cm³/mol. The molecular formula is C15H21NO6. The summed E-state index contributed by atoms with van der Waals surface area (Å²) in [4.78, 5) is 22.8. The highest BCUT2D eigenvalue weighted by Gasteiger charge is 2.20. The predicted octanol–water partition coefficient (Wildman–Crippen LogP) is 1.49. The van der Waals surface area contributed by atoms with E-state index < -0.39 is 12.1 Å². The van der Waals surface area contributed by atoms with Crippen LogP contribution in [-0.4, -0.2) is 42.4 Å². The van der Waals surface area contributed by atoms with Crippen LogP contribution in [0, 0.1) is 6.92 Å². The smallest absolute Gasteiger partial charge is 0.339 e. The molecule has 2 N–H and O–H groups in total. The fourth-order valence-electron chi connectivity index (χ4n) is 2.26. The summed E-state index contributed by atoms with van der Waals surface area (Å²) < 4.78 is 16.2. The van der Waals surface area contributed by atoms with Crippen molar-refractivity contribution in [3.63, 3.8) is 0 Å². The summed E-state index contributed by atoms with van der Waals surface area (Å²) in [6.07, 6.45) is 1.45. The Morgan fingerprint density at radius 3 is 2.91 bits per heavy atom. The first-order valence-electron chi connectivity index (χ1n) is 7.31. The molecule has 1 fully saturated rings. The van der Waals surface area contributed by atoms with Crippen LogP contribution in [-0.2, 0) is 20.8 Å². The monoisotopic (exact) mass is 311 g/mol. The molecule has 22 heavy (non-hydrogen) atoms. The maximum atomic E-state index is 11.9. The SMILES string of the molecule is Cc1oc(CNC(=O)[C@H](C)OC[C@H]2CCCO2)cc1C(=O)O. The molecule has 0 bridgehead atoms. The summed E-state index contributed by atoms with van der Waals surface area (Å²) in [6.45, 7) is 4.51. The molecule has 1 aromatic heterocycles. The molecule has 1 aliphatic rings. The quantitative estimate of drug-likeness (QED) is 0.791. The number of carboxylic acid groups (broad SMARTS) is 1. The van der Waals surface area contributed by atoms with Gasteiger partial charge >= 0.3 is 5.97 Å². The van der Waals surface area contributed by atoms with Gasteiger partial charge < -0.3 is 24.3 Å². The van der Waals surface area contributed by atoms with Gasteiger partial charge in [0.2, 0.25) is 5.91 Å². The molecule has 2 heterocycles. The van der Waals surface area contributed by atoms with Gasteiger partial charge in [0.15, 0.2) is 0 Å². The van der Waals surface area contributed by atoms with Crippen molar-refractivity contribution in [1.29, 1.82) is 0 Å². The largest absolute Gasteiger partial charge is 0.478 e. The lowest BCUT2D eigenvalue weighted by Crippen LogP contribution is -2.35. The summed E-state index contributed by atoms with van der Waals surface area (Å²) in [5.41, 5.74) is 0.104. The summed E-state index contributed by atoms with van der Waals surface area (Å²) in [5.74, 6) is -0.606. The van der Waals surface area contributed by atoms with Crippen LogP contribution >= 0.6 is 0 Å². The Kier molecular flexibility index (Phi) is 5.57. The summed E-state index contributed by atoms with van der Waals surface area (Å²) in [7, 11) is 0. The normalized spacial score (nSPS) is 19.1. The average molecular weight is 311 g/mol. The number of carbonyl (C=O) groups is 2. The summed E-state index contributed by atoms with van der Waals surface area (Å²) >= 11 is 0. The molecule has 7 heteroatoms. The molecule has 0 spiro atoms. The minimum atomic E-state index is -1.05. The molecule has 122 valence electrons. The first-order valence-corrected chi connectivity index (χ1v) is 7.31. The molecule has 7 nitrogen and oxygen atoms in total. The Labute approximate surface area is 128 Å². The van der Waals surface area contributed by atoms with E-state index in [1.807, 2.05) is 0 Å².